The van der Waals surface area contributed by atoms with Crippen molar-refractivity contribution in [3.8, 4) is 0 Å². The van der Waals surface area contributed by atoms with Crippen molar-refractivity contribution in [3.05, 3.63) is 65.6 Å². The molecule has 3 aromatic rings. The van der Waals surface area contributed by atoms with E-state index >= 15 is 0 Å². The first kappa shape index (κ1) is 16.0. The zero-order valence-corrected chi connectivity index (χ0v) is 14.2. The van der Waals surface area contributed by atoms with E-state index in [1.165, 1.54) is 0 Å². The Morgan fingerprint density at radius 2 is 2.24 bits per heavy atom. The summed E-state index contributed by atoms with van der Waals surface area (Å²) in [5, 5.41) is 8.52. The molecule has 130 valence electrons. The molecule has 25 heavy (non-hydrogen) atoms. The normalized spacial score (nSPS) is 17.6. The van der Waals surface area contributed by atoms with E-state index in [-0.39, 0.29) is 5.92 Å². The van der Waals surface area contributed by atoms with E-state index < -0.39 is 0 Å². The molecule has 3 aromatic heterocycles. The zero-order valence-electron chi connectivity index (χ0n) is 14.2. The van der Waals surface area contributed by atoms with Crippen LogP contribution in [-0.2, 0) is 31.5 Å². The number of aryl methyl sites for hydroxylation is 1. The minimum Gasteiger partial charge on any atom is -0.468 e. The van der Waals surface area contributed by atoms with E-state index in [2.05, 4.69) is 20.2 Å². The third-order valence-corrected chi connectivity index (χ3v) is 4.44. The fourth-order valence-electron chi connectivity index (χ4n) is 3.36. The molecule has 0 saturated heterocycles. The molecule has 0 radical (unpaired) electrons. The third-order valence-electron chi connectivity index (χ3n) is 4.44. The van der Waals surface area contributed by atoms with Gasteiger partial charge in [-0.25, -0.2) is 0 Å². The molecule has 1 aliphatic heterocycles. The maximum atomic E-state index is 5.94. The molecular formula is C18H21N5O2. The first-order valence-electron chi connectivity index (χ1n) is 8.40. The molecule has 0 aromatic carbocycles. The molecule has 4 heterocycles. The summed E-state index contributed by atoms with van der Waals surface area (Å²) in [6, 6.07) is 9.77. The first-order chi connectivity index (χ1) is 12.3. The van der Waals surface area contributed by atoms with Crippen molar-refractivity contribution in [2.45, 2.75) is 25.6 Å². The van der Waals surface area contributed by atoms with Gasteiger partial charge in [-0.15, -0.1) is 5.10 Å². The second-order valence-electron chi connectivity index (χ2n) is 6.33. The van der Waals surface area contributed by atoms with E-state index in [9.17, 15) is 0 Å². The molecule has 0 saturated carbocycles. The lowest BCUT2D eigenvalue weighted by Gasteiger charge is -2.31. The van der Waals surface area contributed by atoms with Gasteiger partial charge in [0.05, 0.1) is 37.4 Å². The van der Waals surface area contributed by atoms with E-state index in [4.69, 9.17) is 9.15 Å². The molecule has 0 aliphatic carbocycles. The van der Waals surface area contributed by atoms with Crippen molar-refractivity contribution in [1.82, 2.24) is 24.9 Å². The lowest BCUT2D eigenvalue weighted by molar-refractivity contribution is 0.0796. The summed E-state index contributed by atoms with van der Waals surface area (Å²) >= 11 is 0. The molecule has 0 spiro atoms. The van der Waals surface area contributed by atoms with Crippen molar-refractivity contribution in [1.29, 1.82) is 0 Å². The molecule has 1 unspecified atom stereocenters. The summed E-state index contributed by atoms with van der Waals surface area (Å²) in [6.07, 6.45) is 3.49. The van der Waals surface area contributed by atoms with Gasteiger partial charge >= 0.3 is 0 Å². The number of rotatable bonds is 6. The van der Waals surface area contributed by atoms with Crippen LogP contribution in [0.3, 0.4) is 0 Å². The van der Waals surface area contributed by atoms with Crippen LogP contribution in [0.15, 0.2) is 47.2 Å². The fraction of sp³-hybridized carbons (Fsp3) is 0.389. The quantitative estimate of drug-likeness (QED) is 0.685. The van der Waals surface area contributed by atoms with Crippen molar-refractivity contribution < 1.29 is 9.15 Å². The lowest BCUT2D eigenvalue weighted by atomic mass is 9.99. The lowest BCUT2D eigenvalue weighted by Crippen LogP contribution is -2.35. The molecule has 7 nitrogen and oxygen atoms in total. The van der Waals surface area contributed by atoms with Gasteiger partial charge in [0.15, 0.2) is 0 Å². The van der Waals surface area contributed by atoms with Gasteiger partial charge in [-0.3, -0.25) is 14.6 Å². The SMILES string of the molecule is Cn1nnc2c1C(COCc1ccccn1)CN(Cc1ccco1)C2. The molecule has 1 aliphatic rings. The largest absolute Gasteiger partial charge is 0.468 e. The fourth-order valence-corrected chi connectivity index (χ4v) is 3.36. The predicted molar refractivity (Wildman–Crippen MR) is 90.5 cm³/mol. The summed E-state index contributed by atoms with van der Waals surface area (Å²) < 4.78 is 13.3. The van der Waals surface area contributed by atoms with Crippen LogP contribution in [0.25, 0.3) is 0 Å². The second-order valence-corrected chi connectivity index (χ2v) is 6.33. The highest BCUT2D eigenvalue weighted by Crippen LogP contribution is 2.28. The summed E-state index contributed by atoms with van der Waals surface area (Å²) in [5.41, 5.74) is 3.12. The molecule has 7 heteroatoms. The summed E-state index contributed by atoms with van der Waals surface area (Å²) in [7, 11) is 1.94. The molecule has 0 N–H and O–H groups in total. The van der Waals surface area contributed by atoms with Crippen molar-refractivity contribution in [2.75, 3.05) is 13.2 Å². The Hall–Kier alpha value is -2.51. The number of pyridine rings is 1. The summed E-state index contributed by atoms with van der Waals surface area (Å²) in [5.74, 6) is 1.18. The number of ether oxygens (including phenoxy) is 1. The predicted octanol–water partition coefficient (Wildman–Crippen LogP) is 2.12. The maximum absolute atomic E-state index is 5.94. The number of fused-ring (bicyclic) bond motifs is 1. The Balaban J connectivity index is 1.44. The average Bonchev–Trinajstić information content (AvgIpc) is 3.26. The van der Waals surface area contributed by atoms with Crippen LogP contribution < -0.4 is 0 Å². The maximum Gasteiger partial charge on any atom is 0.117 e. The van der Waals surface area contributed by atoms with Crippen molar-refractivity contribution in [3.63, 3.8) is 0 Å². The van der Waals surface area contributed by atoms with Gasteiger partial charge in [-0.2, -0.15) is 0 Å². The Bertz CT molecular complexity index is 800. The Morgan fingerprint density at radius 3 is 3.04 bits per heavy atom. The van der Waals surface area contributed by atoms with Crippen LogP contribution in [0.1, 0.15) is 28.8 Å². The van der Waals surface area contributed by atoms with E-state index in [1.54, 1.807) is 12.5 Å². The highest BCUT2D eigenvalue weighted by atomic mass is 16.5. The van der Waals surface area contributed by atoms with Crippen LogP contribution in [0, 0.1) is 0 Å². The molecule has 0 bridgehead atoms. The monoisotopic (exact) mass is 339 g/mol. The first-order valence-corrected chi connectivity index (χ1v) is 8.40. The third kappa shape index (κ3) is 3.62. The zero-order chi connectivity index (χ0) is 17.1. The van der Waals surface area contributed by atoms with Crippen LogP contribution >= 0.6 is 0 Å². The number of hydrogen-bond donors (Lipinski definition) is 0. The van der Waals surface area contributed by atoms with E-state index in [0.29, 0.717) is 13.2 Å². The molecular weight excluding hydrogens is 318 g/mol. The molecule has 0 fully saturated rings. The van der Waals surface area contributed by atoms with Gasteiger partial charge in [0.25, 0.3) is 0 Å². The van der Waals surface area contributed by atoms with Gasteiger partial charge in [-0.05, 0) is 24.3 Å². The van der Waals surface area contributed by atoms with E-state index in [1.807, 2.05) is 42.1 Å². The van der Waals surface area contributed by atoms with Gasteiger partial charge in [0.2, 0.25) is 0 Å². The Morgan fingerprint density at radius 1 is 1.28 bits per heavy atom. The Kier molecular flexibility index (Phi) is 4.58. The molecule has 1 atom stereocenters. The minimum absolute atomic E-state index is 0.224. The van der Waals surface area contributed by atoms with Crippen LogP contribution in [0.2, 0.25) is 0 Å². The standard InChI is InChI=1S/C18H21N5O2/c1-22-18-14(12-24-13-15-5-2-3-7-19-15)9-23(11-17(18)20-21-22)10-16-6-4-8-25-16/h2-8,14H,9-13H2,1H3. The summed E-state index contributed by atoms with van der Waals surface area (Å²) in [4.78, 5) is 6.62. The Labute approximate surface area is 146 Å². The van der Waals surface area contributed by atoms with E-state index in [0.717, 1.165) is 42.5 Å². The average molecular weight is 339 g/mol. The van der Waals surface area contributed by atoms with Gasteiger partial charge in [0.1, 0.15) is 11.5 Å². The van der Waals surface area contributed by atoms with Gasteiger partial charge < -0.3 is 9.15 Å². The van der Waals surface area contributed by atoms with Crippen LogP contribution in [-0.4, -0.2) is 38.0 Å². The molecule has 0 amide bonds. The molecule has 4 rings (SSSR count). The smallest absolute Gasteiger partial charge is 0.117 e. The van der Waals surface area contributed by atoms with Gasteiger partial charge in [0, 0.05) is 32.3 Å². The summed E-state index contributed by atoms with van der Waals surface area (Å²) in [6.45, 7) is 3.55. The highest BCUT2D eigenvalue weighted by molar-refractivity contribution is 5.20. The van der Waals surface area contributed by atoms with Crippen LogP contribution in [0.5, 0.6) is 0 Å². The number of furan rings is 1. The number of hydrogen-bond acceptors (Lipinski definition) is 6. The highest BCUT2D eigenvalue weighted by Gasteiger charge is 2.30. The van der Waals surface area contributed by atoms with Crippen LogP contribution in [0.4, 0.5) is 0 Å². The number of nitrogens with zero attached hydrogens (tertiary/aromatic N) is 5. The van der Waals surface area contributed by atoms with Crippen molar-refractivity contribution in [2.24, 2.45) is 7.05 Å². The van der Waals surface area contributed by atoms with Gasteiger partial charge in [-0.1, -0.05) is 11.3 Å². The van der Waals surface area contributed by atoms with Crippen molar-refractivity contribution >= 4 is 0 Å². The topological polar surface area (TPSA) is 69.2 Å². The number of aromatic nitrogens is 4. The second kappa shape index (κ2) is 7.16. The minimum atomic E-state index is 0.224.